The number of piperidine rings is 1. The van der Waals surface area contributed by atoms with Crippen LogP contribution in [0.5, 0.6) is 0 Å². The van der Waals surface area contributed by atoms with Gasteiger partial charge < -0.3 is 10.2 Å². The number of fused-ring (bicyclic) bond motifs is 1. The summed E-state index contributed by atoms with van der Waals surface area (Å²) in [6.45, 7) is 5.62. The number of pyridine rings is 1. The van der Waals surface area contributed by atoms with Crippen molar-refractivity contribution in [2.24, 2.45) is 5.92 Å². The second kappa shape index (κ2) is 5.31. The topological polar surface area (TPSA) is 32.6 Å². The van der Waals surface area contributed by atoms with E-state index in [0.717, 1.165) is 6.54 Å². The van der Waals surface area contributed by atoms with Gasteiger partial charge in [-0.05, 0) is 38.1 Å². The molecule has 19 heavy (non-hydrogen) atoms. The van der Waals surface area contributed by atoms with Crippen molar-refractivity contribution >= 4 is 5.52 Å². The standard InChI is InChI=1S/C15H22N4/c1-12-11-18(2)8-6-14(12)16-9-13-10-17-19-7-4-3-5-15(13)19/h3-5,7,10,12,14,16H,6,8-9,11H2,1-2H3. The van der Waals surface area contributed by atoms with E-state index in [1.165, 1.54) is 30.6 Å². The lowest BCUT2D eigenvalue weighted by Crippen LogP contribution is -2.46. The predicted molar refractivity (Wildman–Crippen MR) is 77.1 cm³/mol. The number of rotatable bonds is 3. The Morgan fingerprint density at radius 2 is 2.32 bits per heavy atom. The molecule has 1 aliphatic heterocycles. The minimum atomic E-state index is 0.620. The Balaban J connectivity index is 1.66. The quantitative estimate of drug-likeness (QED) is 0.910. The van der Waals surface area contributed by atoms with Crippen LogP contribution >= 0.6 is 0 Å². The molecule has 2 unspecified atom stereocenters. The number of likely N-dealkylation sites (tertiary alicyclic amines) is 1. The maximum Gasteiger partial charge on any atom is 0.0706 e. The molecule has 1 aliphatic rings. The molecule has 0 spiro atoms. The van der Waals surface area contributed by atoms with Crippen molar-refractivity contribution in [3.05, 3.63) is 36.2 Å². The van der Waals surface area contributed by atoms with Gasteiger partial charge in [0, 0.05) is 30.9 Å². The highest BCUT2D eigenvalue weighted by Crippen LogP contribution is 2.17. The summed E-state index contributed by atoms with van der Waals surface area (Å²) in [4.78, 5) is 2.41. The minimum Gasteiger partial charge on any atom is -0.309 e. The van der Waals surface area contributed by atoms with E-state index in [9.17, 15) is 0 Å². The van der Waals surface area contributed by atoms with Crippen LogP contribution in [-0.2, 0) is 6.54 Å². The monoisotopic (exact) mass is 258 g/mol. The Morgan fingerprint density at radius 3 is 3.16 bits per heavy atom. The van der Waals surface area contributed by atoms with E-state index in [2.05, 4.69) is 41.4 Å². The van der Waals surface area contributed by atoms with Gasteiger partial charge in [0.25, 0.3) is 0 Å². The first-order valence-corrected chi connectivity index (χ1v) is 7.07. The Kier molecular flexibility index (Phi) is 3.53. The molecule has 3 rings (SSSR count). The molecule has 0 amide bonds. The summed E-state index contributed by atoms with van der Waals surface area (Å²) in [5.41, 5.74) is 2.49. The molecule has 4 heteroatoms. The van der Waals surface area contributed by atoms with Crippen molar-refractivity contribution in [1.29, 1.82) is 0 Å². The Morgan fingerprint density at radius 1 is 1.42 bits per heavy atom. The number of hydrogen-bond acceptors (Lipinski definition) is 3. The van der Waals surface area contributed by atoms with E-state index in [-0.39, 0.29) is 0 Å². The van der Waals surface area contributed by atoms with E-state index in [4.69, 9.17) is 0 Å². The van der Waals surface area contributed by atoms with Crippen molar-refractivity contribution < 1.29 is 0 Å². The largest absolute Gasteiger partial charge is 0.309 e. The van der Waals surface area contributed by atoms with Crippen LogP contribution in [-0.4, -0.2) is 40.7 Å². The number of aromatic nitrogens is 2. The smallest absolute Gasteiger partial charge is 0.0706 e. The summed E-state index contributed by atoms with van der Waals surface area (Å²) in [6.07, 6.45) is 5.20. The summed E-state index contributed by atoms with van der Waals surface area (Å²) >= 11 is 0. The third-order valence-corrected chi connectivity index (χ3v) is 4.17. The summed E-state index contributed by atoms with van der Waals surface area (Å²) < 4.78 is 1.94. The molecule has 0 bridgehead atoms. The molecule has 102 valence electrons. The Hall–Kier alpha value is -1.39. The maximum atomic E-state index is 4.38. The molecule has 1 fully saturated rings. The second-order valence-corrected chi connectivity index (χ2v) is 5.72. The average molecular weight is 258 g/mol. The summed E-state index contributed by atoms with van der Waals surface area (Å²) in [6, 6.07) is 6.83. The molecule has 1 N–H and O–H groups in total. The Bertz CT molecular complexity index is 548. The van der Waals surface area contributed by atoms with Gasteiger partial charge in [-0.15, -0.1) is 0 Å². The van der Waals surface area contributed by atoms with E-state index in [1.54, 1.807) is 0 Å². The lowest BCUT2D eigenvalue weighted by molar-refractivity contribution is 0.174. The van der Waals surface area contributed by atoms with E-state index in [1.807, 2.05) is 23.0 Å². The highest BCUT2D eigenvalue weighted by molar-refractivity contribution is 5.53. The van der Waals surface area contributed by atoms with Gasteiger partial charge >= 0.3 is 0 Å². The summed E-state index contributed by atoms with van der Waals surface area (Å²) in [5.74, 6) is 0.709. The first-order valence-electron chi connectivity index (χ1n) is 7.07. The van der Waals surface area contributed by atoms with Crippen molar-refractivity contribution in [2.75, 3.05) is 20.1 Å². The summed E-state index contributed by atoms with van der Waals surface area (Å²) in [5, 5.41) is 8.09. The molecular weight excluding hydrogens is 236 g/mol. The number of nitrogens with zero attached hydrogens (tertiary/aromatic N) is 3. The van der Waals surface area contributed by atoms with Crippen LogP contribution in [0.1, 0.15) is 18.9 Å². The minimum absolute atomic E-state index is 0.620. The third-order valence-electron chi connectivity index (χ3n) is 4.17. The zero-order chi connectivity index (χ0) is 13.2. The first kappa shape index (κ1) is 12.6. The molecular formula is C15H22N4. The zero-order valence-corrected chi connectivity index (χ0v) is 11.7. The lowest BCUT2D eigenvalue weighted by atomic mass is 9.94. The van der Waals surface area contributed by atoms with Gasteiger partial charge in [-0.1, -0.05) is 13.0 Å². The molecule has 2 aromatic heterocycles. The highest BCUT2D eigenvalue weighted by atomic mass is 15.2. The predicted octanol–water partition coefficient (Wildman–Crippen LogP) is 1.76. The summed E-state index contributed by atoms with van der Waals surface area (Å²) in [7, 11) is 2.21. The van der Waals surface area contributed by atoms with Gasteiger partial charge in [0.1, 0.15) is 0 Å². The lowest BCUT2D eigenvalue weighted by Gasteiger charge is -2.35. The number of hydrogen-bond donors (Lipinski definition) is 1. The van der Waals surface area contributed by atoms with Gasteiger partial charge in [-0.3, -0.25) is 0 Å². The van der Waals surface area contributed by atoms with Crippen molar-refractivity contribution in [3.8, 4) is 0 Å². The maximum absolute atomic E-state index is 4.38. The zero-order valence-electron chi connectivity index (χ0n) is 11.7. The first-order chi connectivity index (χ1) is 9.24. The molecule has 1 saturated heterocycles. The van der Waals surface area contributed by atoms with Gasteiger partial charge in [-0.25, -0.2) is 4.52 Å². The van der Waals surface area contributed by atoms with Crippen LogP contribution in [0.4, 0.5) is 0 Å². The van der Waals surface area contributed by atoms with Crippen LogP contribution in [0, 0.1) is 5.92 Å². The molecule has 2 aromatic rings. The molecule has 2 atom stereocenters. The van der Waals surface area contributed by atoms with E-state index >= 15 is 0 Å². The van der Waals surface area contributed by atoms with Gasteiger partial charge in [0.15, 0.2) is 0 Å². The van der Waals surface area contributed by atoms with Gasteiger partial charge in [-0.2, -0.15) is 5.10 Å². The Labute approximate surface area is 114 Å². The molecule has 0 radical (unpaired) electrons. The van der Waals surface area contributed by atoms with Crippen LogP contribution in [0.15, 0.2) is 30.6 Å². The average Bonchev–Trinajstić information content (AvgIpc) is 2.81. The molecule has 0 aliphatic carbocycles. The van der Waals surface area contributed by atoms with Gasteiger partial charge in [0.2, 0.25) is 0 Å². The fraction of sp³-hybridized carbons (Fsp3) is 0.533. The van der Waals surface area contributed by atoms with Gasteiger partial charge in [0.05, 0.1) is 11.7 Å². The van der Waals surface area contributed by atoms with Crippen molar-refractivity contribution in [3.63, 3.8) is 0 Å². The number of nitrogens with one attached hydrogen (secondary N) is 1. The van der Waals surface area contributed by atoms with Crippen molar-refractivity contribution in [1.82, 2.24) is 19.8 Å². The fourth-order valence-corrected chi connectivity index (χ4v) is 3.02. The SMILES string of the molecule is CC1CN(C)CCC1NCc1cnn2ccccc12. The van der Waals surface area contributed by atoms with Crippen LogP contribution in [0.25, 0.3) is 5.52 Å². The van der Waals surface area contributed by atoms with E-state index in [0.29, 0.717) is 12.0 Å². The molecule has 4 nitrogen and oxygen atoms in total. The third kappa shape index (κ3) is 2.65. The molecule has 0 aromatic carbocycles. The molecule has 3 heterocycles. The highest BCUT2D eigenvalue weighted by Gasteiger charge is 2.23. The second-order valence-electron chi connectivity index (χ2n) is 5.72. The molecule has 0 saturated carbocycles. The fourth-order valence-electron chi connectivity index (χ4n) is 3.02. The van der Waals surface area contributed by atoms with Crippen molar-refractivity contribution in [2.45, 2.75) is 25.9 Å². The van der Waals surface area contributed by atoms with Crippen LogP contribution in [0.2, 0.25) is 0 Å². The normalized spacial score (nSPS) is 24.9. The van der Waals surface area contributed by atoms with Crippen LogP contribution < -0.4 is 5.32 Å². The van der Waals surface area contributed by atoms with E-state index < -0.39 is 0 Å². The van der Waals surface area contributed by atoms with Crippen LogP contribution in [0.3, 0.4) is 0 Å².